The second kappa shape index (κ2) is 4.91. The molecule has 1 aliphatic carbocycles. The third-order valence-electron chi connectivity index (χ3n) is 4.96. The summed E-state index contributed by atoms with van der Waals surface area (Å²) in [6, 6.07) is 6.06. The van der Waals surface area contributed by atoms with Crippen LogP contribution in [0.4, 0.5) is 0 Å². The molecule has 1 fully saturated rings. The third-order valence-corrected chi connectivity index (χ3v) is 4.96. The van der Waals surface area contributed by atoms with Crippen molar-refractivity contribution in [1.29, 1.82) is 0 Å². The third kappa shape index (κ3) is 2.76. The Morgan fingerprint density at radius 1 is 1.24 bits per heavy atom. The second-order valence-corrected chi connectivity index (χ2v) is 7.85. The van der Waals surface area contributed by atoms with E-state index in [1.165, 1.54) is 6.42 Å². The lowest BCUT2D eigenvalue weighted by Gasteiger charge is -2.50. The van der Waals surface area contributed by atoms with Gasteiger partial charge in [-0.25, -0.2) is 0 Å². The maximum Gasteiger partial charge on any atom is 0.128 e. The van der Waals surface area contributed by atoms with E-state index in [1.807, 2.05) is 18.2 Å². The largest absolute Gasteiger partial charge is 0.497 e. The average molecular weight is 289 g/mol. The van der Waals surface area contributed by atoms with Crippen LogP contribution in [0.5, 0.6) is 11.5 Å². The van der Waals surface area contributed by atoms with Gasteiger partial charge >= 0.3 is 0 Å². The Labute approximate surface area is 127 Å². The molecule has 1 aromatic rings. The first-order valence-electron chi connectivity index (χ1n) is 7.95. The minimum atomic E-state index is -0.111. The highest BCUT2D eigenvalue weighted by Crippen LogP contribution is 2.52. The molecule has 1 aromatic carbocycles. The lowest BCUT2D eigenvalue weighted by Crippen LogP contribution is -2.50. The molecule has 0 aromatic heterocycles. The van der Waals surface area contributed by atoms with Gasteiger partial charge in [0.2, 0.25) is 0 Å². The van der Waals surface area contributed by atoms with Gasteiger partial charge in [-0.05, 0) is 36.7 Å². The van der Waals surface area contributed by atoms with Crippen molar-refractivity contribution >= 4 is 0 Å². The summed E-state index contributed by atoms with van der Waals surface area (Å²) in [5.74, 6) is 2.42. The van der Waals surface area contributed by atoms with Gasteiger partial charge in [0.15, 0.2) is 0 Å². The second-order valence-electron chi connectivity index (χ2n) is 7.85. The maximum absolute atomic E-state index is 6.52. The lowest BCUT2D eigenvalue weighted by molar-refractivity contribution is -0.0571. The standard InChI is InChI=1S/C18H27NO2/c1-12-8-17(2,3)11-18(9-12)10-15(19)14-6-5-13(20-4)7-16(14)21-18/h5-7,12,15H,8-11,19H2,1-4H3/t12?,15-,18?/m0/s1. The number of hydrogen-bond donors (Lipinski definition) is 1. The van der Waals surface area contributed by atoms with Gasteiger partial charge in [-0.1, -0.05) is 26.8 Å². The van der Waals surface area contributed by atoms with Crippen molar-refractivity contribution in [3.63, 3.8) is 0 Å². The first-order valence-corrected chi connectivity index (χ1v) is 7.95. The van der Waals surface area contributed by atoms with E-state index in [9.17, 15) is 0 Å². The summed E-state index contributed by atoms with van der Waals surface area (Å²) in [5, 5.41) is 0. The van der Waals surface area contributed by atoms with Gasteiger partial charge in [-0.15, -0.1) is 0 Å². The Hall–Kier alpha value is -1.22. The van der Waals surface area contributed by atoms with Gasteiger partial charge in [0, 0.05) is 24.1 Å². The minimum absolute atomic E-state index is 0.0563. The molecule has 3 heteroatoms. The summed E-state index contributed by atoms with van der Waals surface area (Å²) < 4.78 is 11.9. The molecule has 3 rings (SSSR count). The number of rotatable bonds is 1. The van der Waals surface area contributed by atoms with E-state index in [0.29, 0.717) is 11.3 Å². The summed E-state index contributed by atoms with van der Waals surface area (Å²) >= 11 is 0. The van der Waals surface area contributed by atoms with Crippen molar-refractivity contribution in [3.8, 4) is 11.5 Å². The molecular formula is C18H27NO2. The van der Waals surface area contributed by atoms with Crippen LogP contribution < -0.4 is 15.2 Å². The van der Waals surface area contributed by atoms with Crippen molar-refractivity contribution in [2.24, 2.45) is 17.1 Å². The van der Waals surface area contributed by atoms with Gasteiger partial charge < -0.3 is 15.2 Å². The van der Waals surface area contributed by atoms with Crippen molar-refractivity contribution in [2.75, 3.05) is 7.11 Å². The Morgan fingerprint density at radius 2 is 2.00 bits per heavy atom. The molecule has 0 amide bonds. The normalized spacial score (nSPS) is 34.1. The SMILES string of the molecule is COc1ccc2c(c1)OC1(CC(C)CC(C)(C)C1)C[C@@H]2N. The van der Waals surface area contributed by atoms with E-state index in [1.54, 1.807) is 7.11 Å². The lowest BCUT2D eigenvalue weighted by atomic mass is 9.63. The molecule has 1 aliphatic heterocycles. The quantitative estimate of drug-likeness (QED) is 0.848. The number of benzene rings is 1. The molecule has 1 saturated carbocycles. The molecule has 0 bridgehead atoms. The fourth-order valence-corrected chi connectivity index (χ4v) is 4.72. The summed E-state index contributed by atoms with van der Waals surface area (Å²) in [6.07, 6.45) is 4.36. The summed E-state index contributed by atoms with van der Waals surface area (Å²) in [6.45, 7) is 7.03. The van der Waals surface area contributed by atoms with E-state index >= 15 is 0 Å². The van der Waals surface area contributed by atoms with Gasteiger partial charge in [0.1, 0.15) is 17.1 Å². The predicted molar refractivity (Wildman–Crippen MR) is 84.7 cm³/mol. The smallest absolute Gasteiger partial charge is 0.128 e. The first-order chi connectivity index (χ1) is 9.82. The van der Waals surface area contributed by atoms with Crippen LogP contribution in [0.25, 0.3) is 0 Å². The molecule has 116 valence electrons. The van der Waals surface area contributed by atoms with E-state index in [-0.39, 0.29) is 11.6 Å². The van der Waals surface area contributed by atoms with E-state index < -0.39 is 0 Å². The molecule has 1 spiro atoms. The minimum Gasteiger partial charge on any atom is -0.497 e. The number of ether oxygens (including phenoxy) is 2. The van der Waals surface area contributed by atoms with Crippen LogP contribution in [0.1, 0.15) is 58.1 Å². The highest BCUT2D eigenvalue weighted by molar-refractivity contribution is 5.44. The molecule has 2 unspecified atom stereocenters. The van der Waals surface area contributed by atoms with Gasteiger partial charge in [-0.2, -0.15) is 0 Å². The van der Waals surface area contributed by atoms with Crippen LogP contribution in [-0.2, 0) is 0 Å². The zero-order valence-corrected chi connectivity index (χ0v) is 13.6. The zero-order valence-electron chi connectivity index (χ0n) is 13.6. The molecule has 1 heterocycles. The van der Waals surface area contributed by atoms with Gasteiger partial charge in [0.25, 0.3) is 0 Å². The van der Waals surface area contributed by atoms with Crippen molar-refractivity contribution in [3.05, 3.63) is 23.8 Å². The highest BCUT2D eigenvalue weighted by atomic mass is 16.5. The highest BCUT2D eigenvalue weighted by Gasteiger charge is 2.48. The number of methoxy groups -OCH3 is 1. The molecule has 2 aliphatic rings. The Kier molecular flexibility index (Phi) is 3.44. The first kappa shape index (κ1) is 14.7. The number of hydrogen-bond acceptors (Lipinski definition) is 3. The average Bonchev–Trinajstić information content (AvgIpc) is 2.34. The Morgan fingerprint density at radius 3 is 2.67 bits per heavy atom. The topological polar surface area (TPSA) is 44.5 Å². The van der Waals surface area contributed by atoms with E-state index in [2.05, 4.69) is 20.8 Å². The van der Waals surface area contributed by atoms with Gasteiger partial charge in [0.05, 0.1) is 7.11 Å². The monoisotopic (exact) mass is 289 g/mol. The molecule has 2 N–H and O–H groups in total. The molecule has 3 nitrogen and oxygen atoms in total. The molecule has 21 heavy (non-hydrogen) atoms. The molecule has 0 saturated heterocycles. The van der Waals surface area contributed by atoms with Crippen LogP contribution in [0.2, 0.25) is 0 Å². The predicted octanol–water partition coefficient (Wildman–Crippen LogP) is 4.06. The van der Waals surface area contributed by atoms with Crippen LogP contribution >= 0.6 is 0 Å². The van der Waals surface area contributed by atoms with E-state index in [4.69, 9.17) is 15.2 Å². The Bertz CT molecular complexity index is 540. The maximum atomic E-state index is 6.52. The molecule has 3 atom stereocenters. The molecule has 0 radical (unpaired) electrons. The van der Waals surface area contributed by atoms with Crippen LogP contribution in [0, 0.1) is 11.3 Å². The summed E-state index contributed by atoms with van der Waals surface area (Å²) in [5.41, 5.74) is 7.77. The van der Waals surface area contributed by atoms with E-state index in [0.717, 1.165) is 36.3 Å². The molecular weight excluding hydrogens is 262 g/mol. The van der Waals surface area contributed by atoms with Crippen LogP contribution in [0.15, 0.2) is 18.2 Å². The number of fused-ring (bicyclic) bond motifs is 1. The van der Waals surface area contributed by atoms with Gasteiger partial charge in [-0.3, -0.25) is 0 Å². The van der Waals surface area contributed by atoms with Crippen molar-refractivity contribution in [1.82, 2.24) is 0 Å². The van der Waals surface area contributed by atoms with Crippen LogP contribution in [-0.4, -0.2) is 12.7 Å². The fraction of sp³-hybridized carbons (Fsp3) is 0.667. The van der Waals surface area contributed by atoms with Crippen molar-refractivity contribution < 1.29 is 9.47 Å². The number of nitrogens with two attached hydrogens (primary N) is 1. The Balaban J connectivity index is 1.96. The van der Waals surface area contributed by atoms with Crippen LogP contribution in [0.3, 0.4) is 0 Å². The zero-order chi connectivity index (χ0) is 15.3. The van der Waals surface area contributed by atoms with Crippen molar-refractivity contribution in [2.45, 2.75) is 58.1 Å². The summed E-state index contributed by atoms with van der Waals surface area (Å²) in [7, 11) is 1.69. The fourth-order valence-electron chi connectivity index (χ4n) is 4.72. The summed E-state index contributed by atoms with van der Waals surface area (Å²) in [4.78, 5) is 0.